The zero-order valence-corrected chi connectivity index (χ0v) is 11.9. The van der Waals surface area contributed by atoms with Gasteiger partial charge in [0.1, 0.15) is 5.76 Å². The smallest absolute Gasteiger partial charge is 0.373 e. The highest BCUT2D eigenvalue weighted by molar-refractivity contribution is 6.33. The van der Waals surface area contributed by atoms with Crippen LogP contribution in [0.25, 0.3) is 0 Å². The van der Waals surface area contributed by atoms with Gasteiger partial charge in [-0.15, -0.1) is 0 Å². The van der Waals surface area contributed by atoms with Crippen LogP contribution < -0.4 is 11.1 Å². The molecule has 7 heteroatoms. The fraction of sp³-hybridized carbons (Fsp3) is 0.143. The SMILES string of the molecule is COC(=O)c1ccc(CNc2ccc(Cl)c(C(N)=O)c2)o1. The first kappa shape index (κ1) is 14.9. The van der Waals surface area contributed by atoms with Gasteiger partial charge in [0.05, 0.1) is 24.2 Å². The average molecular weight is 309 g/mol. The molecule has 1 aromatic heterocycles. The van der Waals surface area contributed by atoms with Crippen LogP contribution in [0.1, 0.15) is 26.7 Å². The highest BCUT2D eigenvalue weighted by Crippen LogP contribution is 2.21. The lowest BCUT2D eigenvalue weighted by Gasteiger charge is -2.07. The van der Waals surface area contributed by atoms with Crippen molar-refractivity contribution in [1.29, 1.82) is 0 Å². The predicted molar refractivity (Wildman–Crippen MR) is 77.3 cm³/mol. The molecule has 0 radical (unpaired) electrons. The molecule has 2 aromatic rings. The Morgan fingerprint density at radius 3 is 2.76 bits per heavy atom. The van der Waals surface area contributed by atoms with E-state index in [4.69, 9.17) is 21.8 Å². The van der Waals surface area contributed by atoms with Crippen LogP contribution in [0.15, 0.2) is 34.7 Å². The van der Waals surface area contributed by atoms with E-state index in [0.29, 0.717) is 23.0 Å². The topological polar surface area (TPSA) is 94.6 Å². The number of furan rings is 1. The van der Waals surface area contributed by atoms with Crippen molar-refractivity contribution in [2.75, 3.05) is 12.4 Å². The van der Waals surface area contributed by atoms with E-state index < -0.39 is 11.9 Å². The first-order valence-corrected chi connectivity index (χ1v) is 6.39. The Morgan fingerprint density at radius 2 is 2.10 bits per heavy atom. The molecule has 6 nitrogen and oxygen atoms in total. The van der Waals surface area contributed by atoms with Crippen molar-refractivity contribution >= 4 is 29.2 Å². The maximum Gasteiger partial charge on any atom is 0.373 e. The lowest BCUT2D eigenvalue weighted by atomic mass is 10.2. The summed E-state index contributed by atoms with van der Waals surface area (Å²) < 4.78 is 9.85. The number of hydrogen-bond acceptors (Lipinski definition) is 5. The van der Waals surface area contributed by atoms with Crippen LogP contribution >= 0.6 is 11.6 Å². The molecule has 1 heterocycles. The molecule has 21 heavy (non-hydrogen) atoms. The van der Waals surface area contributed by atoms with Gasteiger partial charge in [-0.1, -0.05) is 11.6 Å². The van der Waals surface area contributed by atoms with Crippen molar-refractivity contribution in [2.24, 2.45) is 5.73 Å². The summed E-state index contributed by atoms with van der Waals surface area (Å²) in [6, 6.07) is 8.02. The van der Waals surface area contributed by atoms with Gasteiger partial charge < -0.3 is 20.2 Å². The second kappa shape index (κ2) is 6.32. The van der Waals surface area contributed by atoms with Crippen LogP contribution in [0.3, 0.4) is 0 Å². The third kappa shape index (κ3) is 3.55. The van der Waals surface area contributed by atoms with Crippen LogP contribution in [0.2, 0.25) is 5.02 Å². The number of hydrogen-bond donors (Lipinski definition) is 2. The molecule has 0 fully saturated rings. The Hall–Kier alpha value is -2.47. The minimum Gasteiger partial charge on any atom is -0.463 e. The number of ether oxygens (including phenoxy) is 1. The Bertz CT molecular complexity index is 681. The second-order valence-corrected chi connectivity index (χ2v) is 4.58. The van der Waals surface area contributed by atoms with Crippen molar-refractivity contribution in [2.45, 2.75) is 6.54 Å². The lowest BCUT2D eigenvalue weighted by molar-refractivity contribution is 0.0563. The average Bonchev–Trinajstić information content (AvgIpc) is 2.94. The Morgan fingerprint density at radius 1 is 1.33 bits per heavy atom. The highest BCUT2D eigenvalue weighted by atomic mass is 35.5. The van der Waals surface area contributed by atoms with E-state index in [-0.39, 0.29) is 11.3 Å². The molecule has 0 aliphatic carbocycles. The largest absolute Gasteiger partial charge is 0.463 e. The van der Waals surface area contributed by atoms with E-state index in [9.17, 15) is 9.59 Å². The molecular weight excluding hydrogens is 296 g/mol. The van der Waals surface area contributed by atoms with Gasteiger partial charge in [-0.05, 0) is 30.3 Å². The summed E-state index contributed by atoms with van der Waals surface area (Å²) in [6.07, 6.45) is 0. The van der Waals surface area contributed by atoms with Gasteiger partial charge in [0, 0.05) is 5.69 Å². The summed E-state index contributed by atoms with van der Waals surface area (Å²) in [4.78, 5) is 22.5. The van der Waals surface area contributed by atoms with Gasteiger partial charge in [-0.2, -0.15) is 0 Å². The molecule has 1 aromatic carbocycles. The Kier molecular flexibility index (Phi) is 4.49. The molecule has 0 unspecified atom stereocenters. The molecule has 0 spiro atoms. The molecule has 1 amide bonds. The maximum atomic E-state index is 11.3. The van der Waals surface area contributed by atoms with Crippen LogP contribution in [0.4, 0.5) is 5.69 Å². The number of benzene rings is 1. The summed E-state index contributed by atoms with van der Waals surface area (Å²) in [5.41, 5.74) is 6.11. The van der Waals surface area contributed by atoms with Crippen molar-refractivity contribution in [3.63, 3.8) is 0 Å². The fourth-order valence-electron chi connectivity index (χ4n) is 1.70. The monoisotopic (exact) mass is 308 g/mol. The highest BCUT2D eigenvalue weighted by Gasteiger charge is 2.11. The van der Waals surface area contributed by atoms with Crippen molar-refractivity contribution in [1.82, 2.24) is 0 Å². The van der Waals surface area contributed by atoms with Gasteiger partial charge in [0.15, 0.2) is 0 Å². The predicted octanol–water partition coefficient (Wildman–Crippen LogP) is 2.43. The summed E-state index contributed by atoms with van der Waals surface area (Å²) in [5, 5.41) is 3.33. The number of halogens is 1. The molecule has 0 bridgehead atoms. The van der Waals surface area contributed by atoms with E-state index in [1.54, 1.807) is 24.3 Å². The lowest BCUT2D eigenvalue weighted by Crippen LogP contribution is -2.12. The zero-order valence-electron chi connectivity index (χ0n) is 11.2. The van der Waals surface area contributed by atoms with Gasteiger partial charge in [-0.25, -0.2) is 4.79 Å². The number of carbonyl (C=O) groups is 2. The van der Waals surface area contributed by atoms with Crippen LogP contribution in [-0.2, 0) is 11.3 Å². The number of anilines is 1. The number of primary amides is 1. The minimum absolute atomic E-state index is 0.128. The molecular formula is C14H13ClN2O4. The Labute approximate surface area is 125 Å². The van der Waals surface area contributed by atoms with Gasteiger partial charge in [0.25, 0.3) is 0 Å². The standard InChI is InChI=1S/C14H13ClN2O4/c1-20-14(19)12-5-3-9(21-12)7-17-8-2-4-11(15)10(6-8)13(16)18/h2-6,17H,7H2,1H3,(H2,16,18). The quantitative estimate of drug-likeness (QED) is 0.827. The number of amides is 1. The van der Waals surface area contributed by atoms with E-state index in [1.165, 1.54) is 13.2 Å². The number of methoxy groups -OCH3 is 1. The van der Waals surface area contributed by atoms with Gasteiger partial charge in [0.2, 0.25) is 11.7 Å². The fourth-order valence-corrected chi connectivity index (χ4v) is 1.91. The van der Waals surface area contributed by atoms with Gasteiger partial charge in [-0.3, -0.25) is 4.79 Å². The molecule has 0 saturated carbocycles. The molecule has 110 valence electrons. The molecule has 0 saturated heterocycles. The summed E-state index contributed by atoms with van der Waals surface area (Å²) in [5.74, 6) is -0.465. The molecule has 0 aliphatic heterocycles. The first-order chi connectivity index (χ1) is 10.0. The number of nitrogens with one attached hydrogen (secondary N) is 1. The van der Waals surface area contributed by atoms with E-state index in [1.807, 2.05) is 0 Å². The van der Waals surface area contributed by atoms with Crippen molar-refractivity contribution < 1.29 is 18.7 Å². The molecule has 2 rings (SSSR count). The second-order valence-electron chi connectivity index (χ2n) is 4.17. The Balaban J connectivity index is 2.06. The molecule has 0 atom stereocenters. The third-order valence-electron chi connectivity index (χ3n) is 2.75. The number of rotatable bonds is 5. The first-order valence-electron chi connectivity index (χ1n) is 6.01. The maximum absolute atomic E-state index is 11.3. The van der Waals surface area contributed by atoms with E-state index in [2.05, 4.69) is 10.1 Å². The van der Waals surface area contributed by atoms with Crippen LogP contribution in [-0.4, -0.2) is 19.0 Å². The van der Waals surface area contributed by atoms with Crippen molar-refractivity contribution in [3.8, 4) is 0 Å². The summed E-state index contributed by atoms with van der Waals surface area (Å²) in [7, 11) is 1.28. The van der Waals surface area contributed by atoms with Crippen molar-refractivity contribution in [3.05, 3.63) is 52.4 Å². The van der Waals surface area contributed by atoms with Crippen LogP contribution in [0.5, 0.6) is 0 Å². The van der Waals surface area contributed by atoms with Gasteiger partial charge >= 0.3 is 5.97 Å². The minimum atomic E-state index is -0.602. The van der Waals surface area contributed by atoms with E-state index in [0.717, 1.165) is 0 Å². The molecule has 3 N–H and O–H groups in total. The number of nitrogens with two attached hydrogens (primary N) is 1. The zero-order chi connectivity index (χ0) is 15.4. The van der Waals surface area contributed by atoms with Crippen LogP contribution in [0, 0.1) is 0 Å². The number of esters is 1. The molecule has 0 aliphatic rings. The van der Waals surface area contributed by atoms with E-state index >= 15 is 0 Å². The normalized spacial score (nSPS) is 10.2. The number of carbonyl (C=O) groups excluding carboxylic acids is 2. The third-order valence-corrected chi connectivity index (χ3v) is 3.08. The summed E-state index contributed by atoms with van der Waals surface area (Å²) >= 11 is 5.86. The summed E-state index contributed by atoms with van der Waals surface area (Å²) in [6.45, 7) is 0.330.